The molecule has 1 heterocycles. The van der Waals surface area contributed by atoms with Gasteiger partial charge < -0.3 is 10.2 Å². The van der Waals surface area contributed by atoms with Gasteiger partial charge in [-0.2, -0.15) is 0 Å². The van der Waals surface area contributed by atoms with Crippen molar-refractivity contribution in [3.63, 3.8) is 0 Å². The Balaban J connectivity index is 1.47. The van der Waals surface area contributed by atoms with Crippen molar-refractivity contribution < 1.29 is 9.59 Å². The highest BCUT2D eigenvalue weighted by Crippen LogP contribution is 2.28. The van der Waals surface area contributed by atoms with Gasteiger partial charge in [0, 0.05) is 37.8 Å². The number of carbonyl (C=O) groups excluding carboxylic acids is 2. The average Bonchev–Trinajstić information content (AvgIpc) is 2.50. The third-order valence-electron chi connectivity index (χ3n) is 5.25. The molecule has 1 N–H and O–H groups in total. The van der Waals surface area contributed by atoms with Crippen LogP contribution in [-0.4, -0.2) is 54.3 Å². The molecule has 1 saturated carbocycles. The molecule has 1 aliphatic carbocycles. The molecule has 2 fully saturated rings. The number of hydrogen-bond donors (Lipinski definition) is 1. The topological polar surface area (TPSA) is 52.7 Å². The molecule has 0 bridgehead atoms. The standard InChI is InChI=1S/C19H27N3O2/c1-14-5-3-6-15(2)18(14)20-17(23)13-21-9-11-22(12-10-21)19(24)16-7-4-8-16/h3,5-6,16H,4,7-13H2,1-2H3,(H,20,23). The Morgan fingerprint density at radius 3 is 2.25 bits per heavy atom. The Kier molecular flexibility index (Phi) is 5.19. The minimum Gasteiger partial charge on any atom is -0.340 e. The highest BCUT2D eigenvalue weighted by Gasteiger charge is 2.31. The van der Waals surface area contributed by atoms with E-state index >= 15 is 0 Å². The van der Waals surface area contributed by atoms with Gasteiger partial charge in [-0.1, -0.05) is 24.6 Å². The Bertz CT molecular complexity index is 597. The van der Waals surface area contributed by atoms with Crippen molar-refractivity contribution in [3.8, 4) is 0 Å². The number of nitrogens with one attached hydrogen (secondary N) is 1. The van der Waals surface area contributed by atoms with Crippen LogP contribution in [0.4, 0.5) is 5.69 Å². The van der Waals surface area contributed by atoms with Crippen LogP contribution >= 0.6 is 0 Å². The zero-order valence-corrected chi connectivity index (χ0v) is 14.7. The van der Waals surface area contributed by atoms with Crippen LogP contribution in [0.2, 0.25) is 0 Å². The van der Waals surface area contributed by atoms with E-state index < -0.39 is 0 Å². The highest BCUT2D eigenvalue weighted by atomic mass is 16.2. The van der Waals surface area contributed by atoms with Gasteiger partial charge in [0.1, 0.15) is 0 Å². The minimum absolute atomic E-state index is 0.0196. The zero-order valence-electron chi connectivity index (χ0n) is 14.7. The number of nitrogens with zero attached hydrogens (tertiary/aromatic N) is 2. The molecular weight excluding hydrogens is 302 g/mol. The molecule has 130 valence electrons. The van der Waals surface area contributed by atoms with Gasteiger partial charge in [-0.3, -0.25) is 14.5 Å². The lowest BCUT2D eigenvalue weighted by atomic mass is 9.84. The summed E-state index contributed by atoms with van der Waals surface area (Å²) in [6.45, 7) is 7.44. The van der Waals surface area contributed by atoms with E-state index in [1.54, 1.807) is 0 Å². The van der Waals surface area contributed by atoms with Crippen LogP contribution in [0, 0.1) is 19.8 Å². The van der Waals surface area contributed by atoms with E-state index in [9.17, 15) is 9.59 Å². The van der Waals surface area contributed by atoms with Crippen molar-refractivity contribution >= 4 is 17.5 Å². The number of anilines is 1. The molecule has 24 heavy (non-hydrogen) atoms. The van der Waals surface area contributed by atoms with Crippen molar-refractivity contribution in [3.05, 3.63) is 29.3 Å². The second-order valence-corrected chi connectivity index (χ2v) is 7.04. The number of para-hydroxylation sites is 1. The maximum Gasteiger partial charge on any atom is 0.238 e. The summed E-state index contributed by atoms with van der Waals surface area (Å²) in [4.78, 5) is 28.7. The summed E-state index contributed by atoms with van der Waals surface area (Å²) in [6, 6.07) is 6.01. The summed E-state index contributed by atoms with van der Waals surface area (Å²) in [5.41, 5.74) is 3.08. The number of amides is 2. The van der Waals surface area contributed by atoms with Crippen molar-refractivity contribution in [2.45, 2.75) is 33.1 Å². The molecule has 0 radical (unpaired) electrons. The van der Waals surface area contributed by atoms with Crippen molar-refractivity contribution in [2.75, 3.05) is 38.0 Å². The van der Waals surface area contributed by atoms with Crippen LogP contribution in [0.5, 0.6) is 0 Å². The Labute approximate surface area is 144 Å². The van der Waals surface area contributed by atoms with E-state index in [1.165, 1.54) is 6.42 Å². The fourth-order valence-electron chi connectivity index (χ4n) is 3.43. The smallest absolute Gasteiger partial charge is 0.238 e. The van der Waals surface area contributed by atoms with Gasteiger partial charge in [0.05, 0.1) is 6.54 Å². The Hall–Kier alpha value is -1.88. The quantitative estimate of drug-likeness (QED) is 0.921. The number of hydrogen-bond acceptors (Lipinski definition) is 3. The molecule has 3 rings (SSSR count). The van der Waals surface area contributed by atoms with Gasteiger partial charge in [-0.15, -0.1) is 0 Å². The van der Waals surface area contributed by atoms with E-state index in [0.29, 0.717) is 12.5 Å². The summed E-state index contributed by atoms with van der Waals surface area (Å²) >= 11 is 0. The monoisotopic (exact) mass is 329 g/mol. The Morgan fingerprint density at radius 2 is 1.71 bits per heavy atom. The molecule has 1 aromatic rings. The first-order valence-corrected chi connectivity index (χ1v) is 8.92. The molecule has 0 unspecified atom stereocenters. The second kappa shape index (κ2) is 7.34. The number of carbonyl (C=O) groups is 2. The summed E-state index contributed by atoms with van der Waals surface area (Å²) < 4.78 is 0. The number of aryl methyl sites for hydroxylation is 2. The van der Waals surface area contributed by atoms with Gasteiger partial charge in [0.15, 0.2) is 0 Å². The van der Waals surface area contributed by atoms with Crippen LogP contribution in [0.3, 0.4) is 0 Å². The van der Waals surface area contributed by atoms with Crippen LogP contribution in [0.1, 0.15) is 30.4 Å². The molecular formula is C19H27N3O2. The lowest BCUT2D eigenvalue weighted by molar-refractivity contribution is -0.140. The first-order valence-electron chi connectivity index (χ1n) is 8.92. The molecule has 1 aromatic carbocycles. The normalized spacial score (nSPS) is 19.0. The van der Waals surface area contributed by atoms with E-state index in [4.69, 9.17) is 0 Å². The average molecular weight is 329 g/mol. The van der Waals surface area contributed by atoms with Gasteiger partial charge in [0.25, 0.3) is 0 Å². The van der Waals surface area contributed by atoms with Gasteiger partial charge >= 0.3 is 0 Å². The molecule has 0 aromatic heterocycles. The predicted molar refractivity (Wildman–Crippen MR) is 94.9 cm³/mol. The molecule has 2 amide bonds. The lowest BCUT2D eigenvalue weighted by Crippen LogP contribution is -2.52. The summed E-state index contributed by atoms with van der Waals surface area (Å²) in [7, 11) is 0. The molecule has 0 atom stereocenters. The molecule has 1 aliphatic heterocycles. The van der Waals surface area contributed by atoms with Crippen LogP contribution in [-0.2, 0) is 9.59 Å². The first-order chi connectivity index (χ1) is 11.5. The third kappa shape index (κ3) is 3.78. The van der Waals surface area contributed by atoms with Gasteiger partial charge in [0.2, 0.25) is 11.8 Å². The third-order valence-corrected chi connectivity index (χ3v) is 5.25. The van der Waals surface area contributed by atoms with E-state index in [2.05, 4.69) is 10.2 Å². The molecule has 5 heteroatoms. The lowest BCUT2D eigenvalue weighted by Gasteiger charge is -2.38. The fourth-order valence-corrected chi connectivity index (χ4v) is 3.43. The summed E-state index contributed by atoms with van der Waals surface area (Å²) in [5, 5.41) is 3.04. The van der Waals surface area contributed by atoms with E-state index in [0.717, 1.165) is 55.8 Å². The van der Waals surface area contributed by atoms with Gasteiger partial charge in [-0.25, -0.2) is 0 Å². The summed E-state index contributed by atoms with van der Waals surface area (Å²) in [5.74, 6) is 0.607. The largest absolute Gasteiger partial charge is 0.340 e. The van der Waals surface area contributed by atoms with Crippen LogP contribution in [0.15, 0.2) is 18.2 Å². The van der Waals surface area contributed by atoms with Crippen molar-refractivity contribution in [1.82, 2.24) is 9.80 Å². The minimum atomic E-state index is 0.0196. The fraction of sp³-hybridized carbons (Fsp3) is 0.579. The maximum atomic E-state index is 12.3. The highest BCUT2D eigenvalue weighted by molar-refractivity contribution is 5.93. The Morgan fingerprint density at radius 1 is 1.08 bits per heavy atom. The van der Waals surface area contributed by atoms with Crippen LogP contribution < -0.4 is 5.32 Å². The summed E-state index contributed by atoms with van der Waals surface area (Å²) in [6.07, 6.45) is 3.29. The molecule has 1 saturated heterocycles. The SMILES string of the molecule is Cc1cccc(C)c1NC(=O)CN1CCN(C(=O)C2CCC2)CC1. The van der Waals surface area contributed by atoms with E-state index in [-0.39, 0.29) is 11.8 Å². The number of piperazine rings is 1. The predicted octanol–water partition coefficient (Wildman–Crippen LogP) is 2.19. The molecule has 2 aliphatic rings. The van der Waals surface area contributed by atoms with E-state index in [1.807, 2.05) is 36.9 Å². The maximum absolute atomic E-state index is 12.3. The number of rotatable bonds is 4. The van der Waals surface area contributed by atoms with Gasteiger partial charge in [-0.05, 0) is 37.8 Å². The zero-order chi connectivity index (χ0) is 17.1. The van der Waals surface area contributed by atoms with Crippen LogP contribution in [0.25, 0.3) is 0 Å². The molecule has 5 nitrogen and oxygen atoms in total. The molecule has 0 spiro atoms. The first kappa shape index (κ1) is 17.0. The second-order valence-electron chi connectivity index (χ2n) is 7.04. The van der Waals surface area contributed by atoms with Crippen molar-refractivity contribution in [1.29, 1.82) is 0 Å². The number of benzene rings is 1. The van der Waals surface area contributed by atoms with Crippen molar-refractivity contribution in [2.24, 2.45) is 5.92 Å².